The van der Waals surface area contributed by atoms with E-state index in [9.17, 15) is 9.90 Å². The lowest BCUT2D eigenvalue weighted by molar-refractivity contribution is -0.143. The van der Waals surface area contributed by atoms with Crippen LogP contribution in [0.2, 0.25) is 0 Å². The van der Waals surface area contributed by atoms with Crippen molar-refractivity contribution in [2.75, 3.05) is 26.7 Å². The van der Waals surface area contributed by atoms with Gasteiger partial charge in [-0.3, -0.25) is 4.79 Å². The van der Waals surface area contributed by atoms with Gasteiger partial charge in [-0.25, -0.2) is 0 Å². The summed E-state index contributed by atoms with van der Waals surface area (Å²) < 4.78 is 0. The van der Waals surface area contributed by atoms with E-state index in [-0.39, 0.29) is 5.92 Å². The zero-order valence-corrected chi connectivity index (χ0v) is 9.98. The van der Waals surface area contributed by atoms with Gasteiger partial charge in [-0.1, -0.05) is 6.42 Å². The summed E-state index contributed by atoms with van der Waals surface area (Å²) in [5, 5.41) is 12.7. The number of nitrogens with one attached hydrogen (secondary N) is 1. The summed E-state index contributed by atoms with van der Waals surface area (Å²) in [5.74, 6) is -0.507. The molecule has 0 aromatic heterocycles. The third kappa shape index (κ3) is 2.74. The minimum atomic E-state index is -0.632. The molecule has 0 bridgehead atoms. The molecule has 1 aliphatic heterocycles. The summed E-state index contributed by atoms with van der Waals surface area (Å²) in [7, 11) is 2.07. The number of aliphatic carboxylic acids is 1. The Morgan fingerprint density at radius 3 is 2.69 bits per heavy atom. The highest BCUT2D eigenvalue weighted by Gasteiger charge is 2.33. The van der Waals surface area contributed by atoms with Crippen LogP contribution in [0.1, 0.15) is 25.7 Å². The number of hydrogen-bond donors (Lipinski definition) is 2. The molecule has 0 spiro atoms. The summed E-state index contributed by atoms with van der Waals surface area (Å²) in [6.45, 7) is 2.62. The topological polar surface area (TPSA) is 52.6 Å². The molecule has 2 fully saturated rings. The lowest BCUT2D eigenvalue weighted by Crippen LogP contribution is -2.42. The molecular formula is C12H22N2O2. The largest absolute Gasteiger partial charge is 0.481 e. The van der Waals surface area contributed by atoms with Crippen molar-refractivity contribution in [3.8, 4) is 0 Å². The monoisotopic (exact) mass is 226 g/mol. The average Bonchev–Trinajstić information content (AvgIpc) is 2.55. The van der Waals surface area contributed by atoms with E-state index in [4.69, 9.17) is 0 Å². The molecule has 2 N–H and O–H groups in total. The quantitative estimate of drug-likeness (QED) is 0.727. The van der Waals surface area contributed by atoms with E-state index in [0.29, 0.717) is 18.5 Å². The van der Waals surface area contributed by atoms with Crippen LogP contribution in [0, 0.1) is 11.8 Å². The van der Waals surface area contributed by atoms with Crippen LogP contribution < -0.4 is 5.32 Å². The summed E-state index contributed by atoms with van der Waals surface area (Å²) in [6.07, 6.45) is 4.76. The van der Waals surface area contributed by atoms with Crippen LogP contribution in [0.25, 0.3) is 0 Å². The van der Waals surface area contributed by atoms with Crippen LogP contribution in [0.15, 0.2) is 0 Å². The Labute approximate surface area is 97.0 Å². The van der Waals surface area contributed by atoms with E-state index in [0.717, 1.165) is 19.5 Å². The fraction of sp³-hybridized carbons (Fsp3) is 0.917. The first-order valence-electron chi connectivity index (χ1n) is 6.31. The lowest BCUT2D eigenvalue weighted by atomic mass is 9.89. The molecule has 1 heterocycles. The fourth-order valence-corrected chi connectivity index (χ4v) is 2.66. The molecule has 2 aliphatic rings. The number of carboxylic acid groups (broad SMARTS) is 1. The molecule has 2 atom stereocenters. The van der Waals surface area contributed by atoms with E-state index in [1.807, 2.05) is 0 Å². The molecule has 1 aliphatic carbocycles. The summed E-state index contributed by atoms with van der Waals surface area (Å²) in [6, 6.07) is 0.584. The van der Waals surface area contributed by atoms with Gasteiger partial charge < -0.3 is 15.3 Å². The molecule has 92 valence electrons. The van der Waals surface area contributed by atoms with Gasteiger partial charge in [-0.05, 0) is 38.8 Å². The Kier molecular flexibility index (Phi) is 3.82. The summed E-state index contributed by atoms with van der Waals surface area (Å²) >= 11 is 0. The number of carboxylic acids is 1. The van der Waals surface area contributed by atoms with Crippen molar-refractivity contribution in [3.63, 3.8) is 0 Å². The van der Waals surface area contributed by atoms with Gasteiger partial charge in [0.25, 0.3) is 0 Å². The van der Waals surface area contributed by atoms with Crippen LogP contribution in [-0.2, 0) is 4.79 Å². The van der Waals surface area contributed by atoms with Crippen molar-refractivity contribution in [2.24, 2.45) is 11.8 Å². The highest BCUT2D eigenvalue weighted by molar-refractivity contribution is 5.70. The van der Waals surface area contributed by atoms with Crippen molar-refractivity contribution in [1.82, 2.24) is 10.2 Å². The van der Waals surface area contributed by atoms with E-state index in [1.54, 1.807) is 0 Å². The van der Waals surface area contributed by atoms with Gasteiger partial charge in [0, 0.05) is 19.1 Å². The lowest BCUT2D eigenvalue weighted by Gasteiger charge is -2.29. The second-order valence-corrected chi connectivity index (χ2v) is 5.29. The van der Waals surface area contributed by atoms with Crippen LogP contribution >= 0.6 is 0 Å². The van der Waals surface area contributed by atoms with Crippen molar-refractivity contribution < 1.29 is 9.90 Å². The number of carbonyl (C=O) groups is 1. The molecule has 2 rings (SSSR count). The SMILES string of the molecule is CN1CCC(C(CNC2CCC2)C(=O)O)C1. The fourth-order valence-electron chi connectivity index (χ4n) is 2.66. The maximum Gasteiger partial charge on any atom is 0.308 e. The zero-order valence-electron chi connectivity index (χ0n) is 9.98. The summed E-state index contributed by atoms with van der Waals surface area (Å²) in [5.41, 5.74) is 0. The number of rotatable bonds is 5. The van der Waals surface area contributed by atoms with Crippen molar-refractivity contribution in [2.45, 2.75) is 31.7 Å². The van der Waals surface area contributed by atoms with E-state index in [1.165, 1.54) is 19.3 Å². The molecule has 4 nitrogen and oxygen atoms in total. The third-order valence-electron chi connectivity index (χ3n) is 4.05. The second-order valence-electron chi connectivity index (χ2n) is 5.29. The van der Waals surface area contributed by atoms with Gasteiger partial charge in [0.1, 0.15) is 0 Å². The van der Waals surface area contributed by atoms with Crippen LogP contribution in [0.4, 0.5) is 0 Å². The molecule has 1 saturated carbocycles. The van der Waals surface area contributed by atoms with Gasteiger partial charge in [0.05, 0.1) is 5.92 Å². The van der Waals surface area contributed by atoms with Crippen LogP contribution in [0.3, 0.4) is 0 Å². The smallest absolute Gasteiger partial charge is 0.308 e. The minimum absolute atomic E-state index is 0.203. The molecule has 2 unspecified atom stereocenters. The summed E-state index contributed by atoms with van der Waals surface area (Å²) in [4.78, 5) is 13.5. The number of likely N-dealkylation sites (tertiary alicyclic amines) is 1. The standard InChI is InChI=1S/C12H22N2O2/c1-14-6-5-9(8-14)11(12(15)16)7-13-10-3-2-4-10/h9-11,13H,2-8H2,1H3,(H,15,16). The van der Waals surface area contributed by atoms with E-state index < -0.39 is 5.97 Å². The minimum Gasteiger partial charge on any atom is -0.481 e. The first-order valence-corrected chi connectivity index (χ1v) is 6.31. The molecule has 0 amide bonds. The van der Waals surface area contributed by atoms with Crippen molar-refractivity contribution >= 4 is 5.97 Å². The Morgan fingerprint density at radius 2 is 2.25 bits per heavy atom. The van der Waals surface area contributed by atoms with Gasteiger partial charge >= 0.3 is 5.97 Å². The molecule has 0 radical (unpaired) electrons. The second kappa shape index (κ2) is 5.15. The highest BCUT2D eigenvalue weighted by Crippen LogP contribution is 2.24. The molecular weight excluding hydrogens is 204 g/mol. The Bertz CT molecular complexity index is 253. The third-order valence-corrected chi connectivity index (χ3v) is 4.05. The van der Waals surface area contributed by atoms with Gasteiger partial charge in [0.2, 0.25) is 0 Å². The predicted octanol–water partition coefficient (Wildman–Crippen LogP) is 0.781. The Hall–Kier alpha value is -0.610. The molecule has 16 heavy (non-hydrogen) atoms. The van der Waals surface area contributed by atoms with Crippen LogP contribution in [0.5, 0.6) is 0 Å². The van der Waals surface area contributed by atoms with Gasteiger partial charge in [0.15, 0.2) is 0 Å². The Morgan fingerprint density at radius 1 is 1.50 bits per heavy atom. The van der Waals surface area contributed by atoms with Crippen molar-refractivity contribution in [1.29, 1.82) is 0 Å². The molecule has 0 aromatic rings. The average molecular weight is 226 g/mol. The van der Waals surface area contributed by atoms with E-state index in [2.05, 4.69) is 17.3 Å². The number of nitrogens with zero attached hydrogens (tertiary/aromatic N) is 1. The zero-order chi connectivity index (χ0) is 11.5. The van der Waals surface area contributed by atoms with Gasteiger partial charge in [-0.15, -0.1) is 0 Å². The first kappa shape index (κ1) is 11.9. The maximum absolute atomic E-state index is 11.3. The highest BCUT2D eigenvalue weighted by atomic mass is 16.4. The molecule has 1 saturated heterocycles. The molecule has 4 heteroatoms. The first-order chi connectivity index (χ1) is 7.66. The van der Waals surface area contributed by atoms with Gasteiger partial charge in [-0.2, -0.15) is 0 Å². The maximum atomic E-state index is 11.3. The normalized spacial score (nSPS) is 28.9. The molecule has 0 aromatic carbocycles. The van der Waals surface area contributed by atoms with Crippen molar-refractivity contribution in [3.05, 3.63) is 0 Å². The van der Waals surface area contributed by atoms with Crippen LogP contribution in [-0.4, -0.2) is 48.7 Å². The van der Waals surface area contributed by atoms with E-state index >= 15 is 0 Å². The Balaban J connectivity index is 1.81. The number of hydrogen-bond acceptors (Lipinski definition) is 3. The predicted molar refractivity (Wildman–Crippen MR) is 62.4 cm³/mol.